The SMILES string of the molecule is CC(C)(C)c1cc(O)c(-c2cccc3c2Cc2ccccc2-3)c(C(C)(C)C)c1. The molecule has 0 aliphatic heterocycles. The lowest BCUT2D eigenvalue weighted by Crippen LogP contribution is -2.17. The van der Waals surface area contributed by atoms with Gasteiger partial charge in [-0.15, -0.1) is 0 Å². The average Bonchev–Trinajstić information content (AvgIpc) is 2.98. The highest BCUT2D eigenvalue weighted by atomic mass is 16.3. The maximum Gasteiger partial charge on any atom is 0.124 e. The van der Waals surface area contributed by atoms with Crippen LogP contribution >= 0.6 is 0 Å². The van der Waals surface area contributed by atoms with E-state index in [1.807, 2.05) is 6.07 Å². The van der Waals surface area contributed by atoms with E-state index in [9.17, 15) is 5.11 Å². The average molecular weight is 371 g/mol. The van der Waals surface area contributed by atoms with Gasteiger partial charge in [-0.05, 0) is 62.3 Å². The molecular weight excluding hydrogens is 340 g/mol. The van der Waals surface area contributed by atoms with Gasteiger partial charge in [-0.3, -0.25) is 0 Å². The number of phenols is 1. The molecule has 0 heterocycles. The molecule has 0 bridgehead atoms. The lowest BCUT2D eigenvalue weighted by atomic mass is 9.76. The van der Waals surface area contributed by atoms with Crippen LogP contribution in [0, 0.1) is 0 Å². The van der Waals surface area contributed by atoms with Gasteiger partial charge in [-0.1, -0.05) is 90.1 Å². The van der Waals surface area contributed by atoms with Gasteiger partial charge in [-0.2, -0.15) is 0 Å². The first-order chi connectivity index (χ1) is 13.1. The number of hydrogen-bond donors (Lipinski definition) is 1. The Kier molecular flexibility index (Phi) is 4.19. The second-order valence-electron chi connectivity index (χ2n) is 10.1. The second kappa shape index (κ2) is 6.24. The summed E-state index contributed by atoms with van der Waals surface area (Å²) in [6.07, 6.45) is 0.922. The van der Waals surface area contributed by atoms with Crippen LogP contribution in [0.2, 0.25) is 0 Å². The summed E-state index contributed by atoms with van der Waals surface area (Å²) >= 11 is 0. The number of rotatable bonds is 1. The lowest BCUT2D eigenvalue weighted by molar-refractivity contribution is 0.468. The third kappa shape index (κ3) is 3.03. The molecule has 3 aromatic carbocycles. The topological polar surface area (TPSA) is 20.2 Å². The molecule has 0 saturated carbocycles. The minimum absolute atomic E-state index is 0.00905. The monoisotopic (exact) mass is 370 g/mol. The van der Waals surface area contributed by atoms with E-state index in [4.69, 9.17) is 0 Å². The van der Waals surface area contributed by atoms with E-state index in [1.54, 1.807) is 0 Å². The molecule has 1 aliphatic rings. The maximum absolute atomic E-state index is 11.2. The molecule has 1 N–H and O–H groups in total. The molecular formula is C27H30O. The molecule has 1 aliphatic carbocycles. The number of aromatic hydroxyl groups is 1. The number of benzene rings is 3. The van der Waals surface area contributed by atoms with E-state index in [0.717, 1.165) is 17.5 Å². The van der Waals surface area contributed by atoms with Gasteiger partial charge in [0.2, 0.25) is 0 Å². The summed E-state index contributed by atoms with van der Waals surface area (Å²) in [5, 5.41) is 11.2. The third-order valence-electron chi connectivity index (χ3n) is 5.91. The fourth-order valence-corrected chi connectivity index (χ4v) is 4.33. The van der Waals surface area contributed by atoms with Crippen molar-refractivity contribution in [2.24, 2.45) is 0 Å². The fourth-order valence-electron chi connectivity index (χ4n) is 4.33. The second-order valence-corrected chi connectivity index (χ2v) is 10.1. The van der Waals surface area contributed by atoms with Crippen molar-refractivity contribution in [2.45, 2.75) is 58.8 Å². The van der Waals surface area contributed by atoms with Crippen molar-refractivity contribution in [2.75, 3.05) is 0 Å². The Morgan fingerprint density at radius 1 is 0.714 bits per heavy atom. The Morgan fingerprint density at radius 2 is 1.36 bits per heavy atom. The van der Waals surface area contributed by atoms with Gasteiger partial charge in [0, 0.05) is 5.56 Å². The normalized spacial score (nSPS) is 13.4. The van der Waals surface area contributed by atoms with E-state index in [2.05, 4.69) is 90.1 Å². The van der Waals surface area contributed by atoms with Crippen LogP contribution < -0.4 is 0 Å². The summed E-state index contributed by atoms with van der Waals surface area (Å²) in [6, 6.07) is 19.4. The Morgan fingerprint density at radius 3 is 2.04 bits per heavy atom. The first kappa shape index (κ1) is 18.8. The summed E-state index contributed by atoms with van der Waals surface area (Å²) < 4.78 is 0. The van der Waals surface area contributed by atoms with Crippen molar-refractivity contribution in [1.82, 2.24) is 0 Å². The van der Waals surface area contributed by atoms with Crippen LogP contribution in [0.1, 0.15) is 63.8 Å². The standard InChI is InChI=1S/C27H30O/c1-26(2,3)18-15-23(27(4,5)6)25(24(28)16-18)21-13-9-12-20-19-11-8-7-10-17(19)14-22(20)21/h7-13,15-16,28H,14H2,1-6H3. The Bertz CT molecular complexity index is 1060. The van der Waals surface area contributed by atoms with Gasteiger partial charge < -0.3 is 5.11 Å². The van der Waals surface area contributed by atoms with Gasteiger partial charge in [0.15, 0.2) is 0 Å². The molecule has 3 aromatic rings. The summed E-state index contributed by atoms with van der Waals surface area (Å²) in [7, 11) is 0. The highest BCUT2D eigenvalue weighted by molar-refractivity contribution is 5.88. The molecule has 4 rings (SSSR count). The van der Waals surface area contributed by atoms with E-state index < -0.39 is 0 Å². The van der Waals surface area contributed by atoms with Crippen LogP contribution in [0.3, 0.4) is 0 Å². The molecule has 1 nitrogen and oxygen atoms in total. The van der Waals surface area contributed by atoms with Gasteiger partial charge in [0.25, 0.3) is 0 Å². The number of hydrogen-bond acceptors (Lipinski definition) is 1. The Hall–Kier alpha value is -2.54. The van der Waals surface area contributed by atoms with Crippen molar-refractivity contribution in [3.05, 3.63) is 76.9 Å². The molecule has 0 saturated heterocycles. The molecule has 0 spiro atoms. The Labute approximate surface area is 169 Å². The summed E-state index contributed by atoms with van der Waals surface area (Å²) in [4.78, 5) is 0. The van der Waals surface area contributed by atoms with Crippen LogP contribution in [0.25, 0.3) is 22.3 Å². The summed E-state index contributed by atoms with van der Waals surface area (Å²) in [5.74, 6) is 0.390. The zero-order valence-electron chi connectivity index (χ0n) is 17.9. The van der Waals surface area contributed by atoms with Crippen LogP contribution in [-0.2, 0) is 17.3 Å². The molecule has 0 aromatic heterocycles. The van der Waals surface area contributed by atoms with E-state index in [0.29, 0.717) is 5.75 Å². The molecule has 0 unspecified atom stereocenters. The van der Waals surface area contributed by atoms with Crippen LogP contribution in [0.15, 0.2) is 54.6 Å². The first-order valence-corrected chi connectivity index (χ1v) is 10.2. The number of phenolic OH excluding ortho intramolecular Hbond substituents is 1. The van der Waals surface area contributed by atoms with Gasteiger partial charge in [0.05, 0.1) is 0 Å². The predicted molar refractivity (Wildman–Crippen MR) is 119 cm³/mol. The minimum Gasteiger partial charge on any atom is -0.507 e. The largest absolute Gasteiger partial charge is 0.507 e. The Balaban J connectivity index is 2.00. The van der Waals surface area contributed by atoms with Crippen molar-refractivity contribution >= 4 is 0 Å². The zero-order valence-corrected chi connectivity index (χ0v) is 17.9. The van der Waals surface area contributed by atoms with Crippen molar-refractivity contribution in [3.63, 3.8) is 0 Å². The fraction of sp³-hybridized carbons (Fsp3) is 0.333. The van der Waals surface area contributed by atoms with Crippen LogP contribution in [-0.4, -0.2) is 5.11 Å². The molecule has 0 radical (unpaired) electrons. The van der Waals surface area contributed by atoms with E-state index in [-0.39, 0.29) is 10.8 Å². The smallest absolute Gasteiger partial charge is 0.124 e. The maximum atomic E-state index is 11.2. The molecule has 1 heteroatoms. The van der Waals surface area contributed by atoms with Crippen molar-refractivity contribution < 1.29 is 5.11 Å². The minimum atomic E-state index is -0.0672. The lowest BCUT2D eigenvalue weighted by Gasteiger charge is -2.29. The van der Waals surface area contributed by atoms with Crippen molar-refractivity contribution in [1.29, 1.82) is 0 Å². The highest BCUT2D eigenvalue weighted by Crippen LogP contribution is 2.47. The number of fused-ring (bicyclic) bond motifs is 3. The zero-order chi connectivity index (χ0) is 20.3. The van der Waals surface area contributed by atoms with Gasteiger partial charge in [-0.25, -0.2) is 0 Å². The third-order valence-corrected chi connectivity index (χ3v) is 5.91. The molecule has 0 fully saturated rings. The van der Waals surface area contributed by atoms with E-state index in [1.165, 1.54) is 33.4 Å². The summed E-state index contributed by atoms with van der Waals surface area (Å²) in [5.41, 5.74) is 9.78. The summed E-state index contributed by atoms with van der Waals surface area (Å²) in [6.45, 7) is 13.3. The van der Waals surface area contributed by atoms with Gasteiger partial charge in [0.1, 0.15) is 5.75 Å². The van der Waals surface area contributed by atoms with Crippen LogP contribution in [0.4, 0.5) is 0 Å². The van der Waals surface area contributed by atoms with E-state index >= 15 is 0 Å². The quantitative estimate of drug-likeness (QED) is 0.375. The highest BCUT2D eigenvalue weighted by Gasteiger charge is 2.29. The van der Waals surface area contributed by atoms with Crippen LogP contribution in [0.5, 0.6) is 5.75 Å². The molecule has 144 valence electrons. The van der Waals surface area contributed by atoms with Gasteiger partial charge >= 0.3 is 0 Å². The first-order valence-electron chi connectivity index (χ1n) is 10.2. The molecule has 0 amide bonds. The molecule has 0 atom stereocenters. The van der Waals surface area contributed by atoms with Crippen molar-refractivity contribution in [3.8, 4) is 28.0 Å². The predicted octanol–water partition coefficient (Wildman–Crippen LogP) is 7.23. The molecule has 28 heavy (non-hydrogen) atoms.